The molecule has 0 aromatic heterocycles. The highest BCUT2D eigenvalue weighted by Gasteiger charge is 1.98. The topological polar surface area (TPSA) is 41.8 Å². The van der Waals surface area contributed by atoms with Crippen molar-refractivity contribution in [2.75, 3.05) is 18.6 Å². The van der Waals surface area contributed by atoms with Crippen molar-refractivity contribution >= 4 is 17.5 Å². The number of ether oxygens (including phenoxy) is 1. The first-order valence-electron chi connectivity index (χ1n) is 5.64. The van der Waals surface area contributed by atoms with Crippen molar-refractivity contribution in [1.82, 2.24) is 0 Å². The lowest BCUT2D eigenvalue weighted by atomic mass is 10.1. The smallest absolute Gasteiger partial charge is 0.119 e. The molecule has 1 aromatic carbocycles. The first-order valence-corrected chi connectivity index (χ1v) is 7.04. The normalized spacial score (nSPS) is 11.5. The molecule has 94 valence electrons. The van der Waals surface area contributed by atoms with Crippen molar-refractivity contribution in [3.05, 3.63) is 29.8 Å². The number of benzene rings is 1. The lowest BCUT2D eigenvalue weighted by Crippen LogP contribution is -2.00. The number of nitrogens with zero attached hydrogens (tertiary/aromatic N) is 1. The Morgan fingerprint density at radius 2 is 2.06 bits per heavy atom. The fourth-order valence-electron chi connectivity index (χ4n) is 1.43. The van der Waals surface area contributed by atoms with Gasteiger partial charge in [0.25, 0.3) is 0 Å². The Hall–Kier alpha value is -1.16. The maximum absolute atomic E-state index is 8.58. The molecule has 3 nitrogen and oxygen atoms in total. The third-order valence-electron chi connectivity index (χ3n) is 2.32. The predicted octanol–water partition coefficient (Wildman–Crippen LogP) is 3.21. The molecule has 4 heteroatoms. The summed E-state index contributed by atoms with van der Waals surface area (Å²) in [5.74, 6) is 2.03. The lowest BCUT2D eigenvalue weighted by Gasteiger charge is -2.06. The van der Waals surface area contributed by atoms with Gasteiger partial charge in [0.1, 0.15) is 5.75 Å². The van der Waals surface area contributed by atoms with E-state index in [1.165, 1.54) is 0 Å². The van der Waals surface area contributed by atoms with Crippen LogP contribution in [0.1, 0.15) is 18.9 Å². The van der Waals surface area contributed by atoms with Gasteiger partial charge in [-0.2, -0.15) is 11.8 Å². The van der Waals surface area contributed by atoms with E-state index in [2.05, 4.69) is 11.4 Å². The van der Waals surface area contributed by atoms with E-state index in [1.807, 2.05) is 36.0 Å². The van der Waals surface area contributed by atoms with Crippen molar-refractivity contribution < 1.29 is 9.94 Å². The summed E-state index contributed by atoms with van der Waals surface area (Å²) in [6.07, 6.45) is 3.84. The van der Waals surface area contributed by atoms with Crippen LogP contribution in [0, 0.1) is 0 Å². The molecular formula is C13H19NO2S. The van der Waals surface area contributed by atoms with Gasteiger partial charge in [-0.15, -0.1) is 0 Å². The van der Waals surface area contributed by atoms with E-state index in [4.69, 9.17) is 9.94 Å². The second-order valence-electron chi connectivity index (χ2n) is 3.85. The number of rotatable bonds is 7. The minimum atomic E-state index is 0.670. The molecule has 1 rings (SSSR count). The van der Waals surface area contributed by atoms with Crippen LogP contribution in [0.4, 0.5) is 0 Å². The summed E-state index contributed by atoms with van der Waals surface area (Å²) in [6.45, 7) is 2.56. The van der Waals surface area contributed by atoms with Gasteiger partial charge in [0.05, 0.1) is 12.3 Å². The van der Waals surface area contributed by atoms with E-state index < -0.39 is 0 Å². The monoisotopic (exact) mass is 253 g/mol. The van der Waals surface area contributed by atoms with Crippen LogP contribution < -0.4 is 4.74 Å². The Labute approximate surface area is 107 Å². The average Bonchev–Trinajstić information content (AvgIpc) is 2.36. The van der Waals surface area contributed by atoms with E-state index in [0.717, 1.165) is 30.1 Å². The van der Waals surface area contributed by atoms with E-state index in [9.17, 15) is 0 Å². The zero-order chi connectivity index (χ0) is 12.5. The minimum Gasteiger partial charge on any atom is -0.494 e. The van der Waals surface area contributed by atoms with Crippen LogP contribution >= 0.6 is 11.8 Å². The fraction of sp³-hybridized carbons (Fsp3) is 0.462. The number of thioether (sulfide) groups is 1. The van der Waals surface area contributed by atoms with Crippen LogP contribution in [0.25, 0.3) is 0 Å². The molecule has 0 amide bonds. The standard InChI is InChI=1S/C13H19NO2S/c1-11(14-15)10-12-4-6-13(7-5-12)16-8-3-9-17-2/h4-7,15H,3,8-10H2,1-2H3/b14-11+. The molecule has 17 heavy (non-hydrogen) atoms. The van der Waals surface area contributed by atoms with Gasteiger partial charge in [0.15, 0.2) is 0 Å². The molecule has 0 saturated heterocycles. The summed E-state index contributed by atoms with van der Waals surface area (Å²) >= 11 is 1.83. The van der Waals surface area contributed by atoms with Gasteiger partial charge in [-0.1, -0.05) is 17.3 Å². The molecule has 0 radical (unpaired) electrons. The van der Waals surface area contributed by atoms with E-state index in [1.54, 1.807) is 6.92 Å². The van der Waals surface area contributed by atoms with Gasteiger partial charge in [-0.3, -0.25) is 0 Å². The zero-order valence-electron chi connectivity index (χ0n) is 10.3. The number of hydrogen-bond acceptors (Lipinski definition) is 4. The molecular weight excluding hydrogens is 234 g/mol. The molecule has 0 heterocycles. The summed E-state index contributed by atoms with van der Waals surface area (Å²) in [5.41, 5.74) is 1.83. The van der Waals surface area contributed by atoms with Crippen molar-refractivity contribution in [2.45, 2.75) is 19.8 Å². The quantitative estimate of drug-likeness (QED) is 0.351. The Kier molecular flexibility index (Phi) is 6.55. The summed E-state index contributed by atoms with van der Waals surface area (Å²) < 4.78 is 5.60. The summed E-state index contributed by atoms with van der Waals surface area (Å²) in [4.78, 5) is 0. The average molecular weight is 253 g/mol. The molecule has 0 atom stereocenters. The fourth-order valence-corrected chi connectivity index (χ4v) is 1.83. The van der Waals surface area contributed by atoms with Gasteiger partial charge in [-0.05, 0) is 43.0 Å². The Balaban J connectivity index is 2.39. The van der Waals surface area contributed by atoms with Crippen molar-refractivity contribution in [3.63, 3.8) is 0 Å². The first-order chi connectivity index (χ1) is 8.26. The molecule has 0 aliphatic heterocycles. The van der Waals surface area contributed by atoms with Gasteiger partial charge in [-0.25, -0.2) is 0 Å². The highest BCUT2D eigenvalue weighted by atomic mass is 32.2. The molecule has 0 saturated carbocycles. The second kappa shape index (κ2) is 8.01. The van der Waals surface area contributed by atoms with Crippen LogP contribution in [0.3, 0.4) is 0 Å². The number of oxime groups is 1. The van der Waals surface area contributed by atoms with E-state index in [-0.39, 0.29) is 0 Å². The summed E-state index contributed by atoms with van der Waals surface area (Å²) in [5, 5.41) is 11.7. The highest BCUT2D eigenvalue weighted by Crippen LogP contribution is 2.13. The Morgan fingerprint density at radius 1 is 1.35 bits per heavy atom. The Morgan fingerprint density at radius 3 is 2.65 bits per heavy atom. The van der Waals surface area contributed by atoms with Crippen LogP contribution in [0.5, 0.6) is 5.75 Å². The molecule has 0 aliphatic rings. The minimum absolute atomic E-state index is 0.670. The van der Waals surface area contributed by atoms with Crippen molar-refractivity contribution in [1.29, 1.82) is 0 Å². The molecule has 1 N–H and O–H groups in total. The van der Waals surface area contributed by atoms with Crippen molar-refractivity contribution in [2.24, 2.45) is 5.16 Å². The molecule has 0 unspecified atom stereocenters. The zero-order valence-corrected chi connectivity index (χ0v) is 11.2. The van der Waals surface area contributed by atoms with E-state index in [0.29, 0.717) is 12.1 Å². The maximum atomic E-state index is 8.58. The van der Waals surface area contributed by atoms with Gasteiger partial charge in [0, 0.05) is 6.42 Å². The summed E-state index contributed by atoms with van der Waals surface area (Å²) in [7, 11) is 0. The molecule has 0 bridgehead atoms. The predicted molar refractivity (Wildman–Crippen MR) is 73.5 cm³/mol. The third-order valence-corrected chi connectivity index (χ3v) is 3.01. The Bertz CT molecular complexity index is 349. The van der Waals surface area contributed by atoms with Gasteiger partial charge < -0.3 is 9.94 Å². The second-order valence-corrected chi connectivity index (χ2v) is 4.84. The van der Waals surface area contributed by atoms with Crippen LogP contribution in [0.15, 0.2) is 29.4 Å². The molecule has 0 aliphatic carbocycles. The molecule has 1 aromatic rings. The largest absolute Gasteiger partial charge is 0.494 e. The SMILES string of the molecule is CSCCCOc1ccc(C/C(C)=N/O)cc1. The summed E-state index contributed by atoms with van der Waals surface area (Å²) in [6, 6.07) is 7.91. The lowest BCUT2D eigenvalue weighted by molar-refractivity contribution is 0.317. The van der Waals surface area contributed by atoms with Crippen LogP contribution in [-0.4, -0.2) is 29.5 Å². The first kappa shape index (κ1) is 13.9. The van der Waals surface area contributed by atoms with Crippen LogP contribution in [-0.2, 0) is 6.42 Å². The van der Waals surface area contributed by atoms with Crippen LogP contribution in [0.2, 0.25) is 0 Å². The maximum Gasteiger partial charge on any atom is 0.119 e. The van der Waals surface area contributed by atoms with E-state index >= 15 is 0 Å². The molecule has 0 fully saturated rings. The number of hydrogen-bond donors (Lipinski definition) is 1. The van der Waals surface area contributed by atoms with Crippen molar-refractivity contribution in [3.8, 4) is 5.75 Å². The van der Waals surface area contributed by atoms with Gasteiger partial charge in [0.2, 0.25) is 0 Å². The molecule has 0 spiro atoms. The third kappa shape index (κ3) is 5.63. The highest BCUT2D eigenvalue weighted by molar-refractivity contribution is 7.98. The van der Waals surface area contributed by atoms with Gasteiger partial charge >= 0.3 is 0 Å².